The Kier molecular flexibility index (Phi) is 11.5. The summed E-state index contributed by atoms with van der Waals surface area (Å²) < 4.78 is 11.7. The van der Waals surface area contributed by atoms with Gasteiger partial charge in [0.05, 0.1) is 0 Å². The van der Waals surface area contributed by atoms with E-state index in [1.165, 1.54) is 32.0 Å². The average Bonchev–Trinajstić information content (AvgIpc) is 2.97. The third-order valence-electron chi connectivity index (χ3n) is 7.57. The van der Waals surface area contributed by atoms with E-state index in [9.17, 15) is 4.79 Å². The molecule has 43 heavy (non-hydrogen) atoms. The molecule has 0 saturated carbocycles. The van der Waals surface area contributed by atoms with Crippen LogP contribution in [0.15, 0.2) is 60.9 Å². The molecule has 232 valence electrons. The number of amides is 1. The van der Waals surface area contributed by atoms with Gasteiger partial charge >= 0.3 is 6.09 Å². The molecule has 1 amide bonds. The summed E-state index contributed by atoms with van der Waals surface area (Å²) in [5.41, 5.74) is 0.560. The van der Waals surface area contributed by atoms with Crippen molar-refractivity contribution in [2.24, 2.45) is 0 Å². The number of rotatable bonds is 6. The SMILES string of the molecule is CC1(Nc2ncnc(Cl)c2Nc2ccc(Oc3ccccc3)cc2)CCCCCCCCCN(C(=O)OC(C)(C)C)CC1. The molecule has 1 aliphatic heterocycles. The van der Waals surface area contributed by atoms with Crippen LogP contribution in [0.5, 0.6) is 11.5 Å². The van der Waals surface area contributed by atoms with Crippen LogP contribution in [-0.4, -0.2) is 45.2 Å². The van der Waals surface area contributed by atoms with Gasteiger partial charge in [-0.1, -0.05) is 68.3 Å². The van der Waals surface area contributed by atoms with E-state index in [0.717, 1.165) is 49.3 Å². The number of hydrogen-bond donors (Lipinski definition) is 2. The number of anilines is 3. The summed E-state index contributed by atoms with van der Waals surface area (Å²) in [6.45, 7) is 9.22. The number of benzene rings is 2. The van der Waals surface area contributed by atoms with Crippen LogP contribution >= 0.6 is 11.6 Å². The molecule has 1 unspecified atom stereocenters. The number of carbonyl (C=O) groups is 1. The van der Waals surface area contributed by atoms with Gasteiger partial charge in [0.2, 0.25) is 0 Å². The highest BCUT2D eigenvalue weighted by molar-refractivity contribution is 6.32. The van der Waals surface area contributed by atoms with Gasteiger partial charge in [0.25, 0.3) is 0 Å². The molecule has 9 heteroatoms. The van der Waals surface area contributed by atoms with E-state index in [-0.39, 0.29) is 11.6 Å². The minimum atomic E-state index is -0.538. The number of nitrogens with one attached hydrogen (secondary N) is 2. The summed E-state index contributed by atoms with van der Waals surface area (Å²) in [5.74, 6) is 2.14. The third kappa shape index (κ3) is 10.6. The molecule has 1 atom stereocenters. The molecule has 1 fully saturated rings. The number of nitrogens with zero attached hydrogens (tertiary/aromatic N) is 3. The van der Waals surface area contributed by atoms with Crippen LogP contribution in [-0.2, 0) is 4.74 Å². The van der Waals surface area contributed by atoms with Gasteiger partial charge < -0.3 is 25.0 Å². The Morgan fingerprint density at radius 3 is 2.21 bits per heavy atom. The van der Waals surface area contributed by atoms with E-state index in [1.54, 1.807) is 0 Å². The number of carbonyl (C=O) groups excluding carboxylic acids is 1. The highest BCUT2D eigenvalue weighted by atomic mass is 35.5. The first-order valence-corrected chi connectivity index (χ1v) is 15.8. The zero-order chi connectivity index (χ0) is 30.7. The number of aromatic nitrogens is 2. The van der Waals surface area contributed by atoms with E-state index in [0.29, 0.717) is 29.7 Å². The minimum absolute atomic E-state index is 0.253. The normalized spacial score (nSPS) is 18.9. The van der Waals surface area contributed by atoms with Gasteiger partial charge in [-0.15, -0.1) is 0 Å². The van der Waals surface area contributed by atoms with E-state index >= 15 is 0 Å². The van der Waals surface area contributed by atoms with E-state index in [4.69, 9.17) is 21.1 Å². The maximum atomic E-state index is 13.1. The quantitative estimate of drug-likeness (QED) is 0.270. The molecule has 8 nitrogen and oxygen atoms in total. The Labute approximate surface area is 261 Å². The van der Waals surface area contributed by atoms with Crippen LogP contribution in [0.4, 0.5) is 22.0 Å². The van der Waals surface area contributed by atoms with Crippen molar-refractivity contribution in [1.82, 2.24) is 14.9 Å². The molecule has 1 aliphatic rings. The predicted molar refractivity (Wildman–Crippen MR) is 175 cm³/mol. The first-order valence-electron chi connectivity index (χ1n) is 15.5. The summed E-state index contributed by atoms with van der Waals surface area (Å²) in [4.78, 5) is 23.8. The Balaban J connectivity index is 1.51. The second kappa shape index (κ2) is 15.3. The van der Waals surface area contributed by atoms with Gasteiger partial charge in [-0.25, -0.2) is 14.8 Å². The molecule has 3 aromatic rings. The van der Waals surface area contributed by atoms with Crippen molar-refractivity contribution in [3.63, 3.8) is 0 Å². The monoisotopic (exact) mass is 607 g/mol. The average molecular weight is 608 g/mol. The van der Waals surface area contributed by atoms with Gasteiger partial charge in [0.1, 0.15) is 29.1 Å². The van der Waals surface area contributed by atoms with Gasteiger partial charge in [0.15, 0.2) is 11.0 Å². The first-order chi connectivity index (χ1) is 20.6. The zero-order valence-corrected chi connectivity index (χ0v) is 26.8. The van der Waals surface area contributed by atoms with Crippen molar-refractivity contribution in [3.05, 3.63) is 66.1 Å². The van der Waals surface area contributed by atoms with Gasteiger partial charge in [-0.05, 0) is 83.4 Å². The lowest BCUT2D eigenvalue weighted by Crippen LogP contribution is -2.43. The van der Waals surface area contributed by atoms with Crippen LogP contribution in [0.1, 0.15) is 85.5 Å². The maximum absolute atomic E-state index is 13.1. The highest BCUT2D eigenvalue weighted by Crippen LogP contribution is 2.35. The van der Waals surface area contributed by atoms with E-state index in [2.05, 4.69) is 27.5 Å². The Bertz CT molecular complexity index is 1300. The summed E-state index contributed by atoms with van der Waals surface area (Å²) in [5, 5.41) is 7.44. The van der Waals surface area contributed by atoms with Crippen LogP contribution < -0.4 is 15.4 Å². The summed E-state index contributed by atoms with van der Waals surface area (Å²) in [6.07, 6.45) is 10.9. The maximum Gasteiger partial charge on any atom is 0.410 e. The second-order valence-electron chi connectivity index (χ2n) is 12.6. The Morgan fingerprint density at radius 1 is 0.860 bits per heavy atom. The van der Waals surface area contributed by atoms with Crippen LogP contribution in [0.3, 0.4) is 0 Å². The van der Waals surface area contributed by atoms with Gasteiger partial charge in [0, 0.05) is 24.3 Å². The summed E-state index contributed by atoms with van der Waals surface area (Å²) >= 11 is 6.62. The smallest absolute Gasteiger partial charge is 0.410 e. The molecular weight excluding hydrogens is 562 g/mol. The standard InChI is InChI=1S/C34H46ClN5O3/c1-33(2,3)43-32(41)40-23-14-9-7-5-6-8-13-21-34(4,22-24-40)39-31-29(30(35)36-25-37-31)38-26-17-19-28(20-18-26)42-27-15-11-10-12-16-27/h10-12,15-20,25,38H,5-9,13-14,21-24H2,1-4H3,(H,36,37,39). The van der Waals surface area contributed by atoms with Crippen molar-refractivity contribution < 1.29 is 14.3 Å². The van der Waals surface area contributed by atoms with Crippen molar-refractivity contribution in [1.29, 1.82) is 0 Å². The third-order valence-corrected chi connectivity index (χ3v) is 7.85. The highest BCUT2D eigenvalue weighted by Gasteiger charge is 2.29. The van der Waals surface area contributed by atoms with Crippen molar-refractivity contribution >= 4 is 34.9 Å². The van der Waals surface area contributed by atoms with E-state index in [1.807, 2.05) is 80.3 Å². The lowest BCUT2D eigenvalue weighted by atomic mass is 9.90. The molecule has 0 radical (unpaired) electrons. The molecule has 0 aliphatic carbocycles. The Morgan fingerprint density at radius 2 is 1.51 bits per heavy atom. The number of ether oxygens (including phenoxy) is 2. The van der Waals surface area contributed by atoms with Gasteiger partial charge in [-0.2, -0.15) is 0 Å². The molecule has 4 rings (SSSR count). The molecule has 1 saturated heterocycles. The van der Waals surface area contributed by atoms with Crippen molar-refractivity contribution in [3.8, 4) is 11.5 Å². The molecular formula is C34H46ClN5O3. The first kappa shape index (κ1) is 32.4. The fourth-order valence-electron chi connectivity index (χ4n) is 5.19. The van der Waals surface area contributed by atoms with Crippen molar-refractivity contribution in [2.45, 2.75) is 96.6 Å². The summed E-state index contributed by atoms with van der Waals surface area (Å²) in [7, 11) is 0. The topological polar surface area (TPSA) is 88.6 Å². The predicted octanol–water partition coefficient (Wildman–Crippen LogP) is 9.60. The van der Waals surface area contributed by atoms with Crippen LogP contribution in [0.2, 0.25) is 5.15 Å². The van der Waals surface area contributed by atoms with Crippen LogP contribution in [0, 0.1) is 0 Å². The van der Waals surface area contributed by atoms with E-state index < -0.39 is 5.60 Å². The largest absolute Gasteiger partial charge is 0.457 e. The lowest BCUT2D eigenvalue weighted by molar-refractivity contribution is 0.0236. The molecule has 2 aromatic carbocycles. The fourth-order valence-corrected chi connectivity index (χ4v) is 5.37. The molecule has 0 spiro atoms. The number of hydrogen-bond acceptors (Lipinski definition) is 7. The molecule has 0 bridgehead atoms. The van der Waals surface area contributed by atoms with Crippen molar-refractivity contribution in [2.75, 3.05) is 23.7 Å². The van der Waals surface area contributed by atoms with Gasteiger partial charge in [-0.3, -0.25) is 0 Å². The molecule has 2 heterocycles. The second-order valence-corrected chi connectivity index (χ2v) is 12.9. The number of para-hydroxylation sites is 1. The Hall–Kier alpha value is -3.52. The van der Waals surface area contributed by atoms with Crippen LogP contribution in [0.25, 0.3) is 0 Å². The molecule has 2 N–H and O–H groups in total. The molecule has 1 aromatic heterocycles. The number of halogens is 1. The fraction of sp³-hybridized carbons (Fsp3) is 0.500. The lowest BCUT2D eigenvalue weighted by Gasteiger charge is -2.35. The zero-order valence-electron chi connectivity index (χ0n) is 26.0. The minimum Gasteiger partial charge on any atom is -0.457 e. The summed E-state index contributed by atoms with van der Waals surface area (Å²) in [6, 6.07) is 17.4.